The molecule has 5 heteroatoms. The quantitative estimate of drug-likeness (QED) is 0.777. The van der Waals surface area contributed by atoms with Crippen LogP contribution in [0.4, 0.5) is 0 Å². The summed E-state index contributed by atoms with van der Waals surface area (Å²) in [4.78, 5) is 24.5. The Bertz CT molecular complexity index is 409. The second-order valence-corrected chi connectivity index (χ2v) is 3.87. The van der Waals surface area contributed by atoms with Gasteiger partial charge in [-0.2, -0.15) is 0 Å². The van der Waals surface area contributed by atoms with Crippen molar-refractivity contribution in [2.24, 2.45) is 0 Å². The minimum absolute atomic E-state index is 0.00713. The van der Waals surface area contributed by atoms with Gasteiger partial charge in [-0.3, -0.25) is 9.59 Å². The third kappa shape index (κ3) is 4.14. The van der Waals surface area contributed by atoms with Crippen LogP contribution in [-0.2, 0) is 4.79 Å². The molecule has 0 spiro atoms. The van der Waals surface area contributed by atoms with Gasteiger partial charge in [0.2, 0.25) is 5.91 Å². The smallest absolute Gasteiger partial charge is 0.289 e. The van der Waals surface area contributed by atoms with Gasteiger partial charge in [-0.05, 0) is 19.1 Å². The number of rotatable bonds is 5. The molecule has 0 radical (unpaired) electrons. The SMILES string of the molecule is C=C(C)CNC(=O)CN(C)C(=O)c1ccco1. The molecular weight excluding hydrogens is 220 g/mol. The van der Waals surface area contributed by atoms with E-state index in [0.717, 1.165) is 5.57 Å². The van der Waals surface area contributed by atoms with Gasteiger partial charge in [0.05, 0.1) is 12.8 Å². The Morgan fingerprint density at radius 2 is 2.24 bits per heavy atom. The van der Waals surface area contributed by atoms with Gasteiger partial charge in [-0.25, -0.2) is 0 Å². The zero-order chi connectivity index (χ0) is 12.8. The lowest BCUT2D eigenvalue weighted by molar-refractivity contribution is -0.121. The molecule has 5 nitrogen and oxygen atoms in total. The van der Waals surface area contributed by atoms with E-state index in [9.17, 15) is 9.59 Å². The molecule has 2 amide bonds. The van der Waals surface area contributed by atoms with E-state index < -0.39 is 0 Å². The number of carbonyl (C=O) groups is 2. The van der Waals surface area contributed by atoms with Gasteiger partial charge >= 0.3 is 0 Å². The third-order valence-electron chi connectivity index (χ3n) is 2.05. The summed E-state index contributed by atoms with van der Waals surface area (Å²) in [5, 5.41) is 2.65. The van der Waals surface area contributed by atoms with Crippen molar-refractivity contribution in [1.82, 2.24) is 10.2 Å². The number of nitrogens with one attached hydrogen (secondary N) is 1. The Morgan fingerprint density at radius 3 is 2.76 bits per heavy atom. The van der Waals surface area contributed by atoms with Crippen molar-refractivity contribution >= 4 is 11.8 Å². The van der Waals surface area contributed by atoms with Gasteiger partial charge in [-0.15, -0.1) is 0 Å². The number of hydrogen-bond acceptors (Lipinski definition) is 3. The van der Waals surface area contributed by atoms with Crippen LogP contribution in [0.1, 0.15) is 17.5 Å². The van der Waals surface area contributed by atoms with Gasteiger partial charge in [0.1, 0.15) is 0 Å². The zero-order valence-electron chi connectivity index (χ0n) is 10.0. The molecule has 0 saturated carbocycles. The lowest BCUT2D eigenvalue weighted by Gasteiger charge is -2.15. The Morgan fingerprint density at radius 1 is 1.53 bits per heavy atom. The lowest BCUT2D eigenvalue weighted by Crippen LogP contribution is -2.38. The topological polar surface area (TPSA) is 62.6 Å². The van der Waals surface area contributed by atoms with Gasteiger partial charge in [-0.1, -0.05) is 12.2 Å². The Labute approximate surface area is 100 Å². The Hall–Kier alpha value is -2.04. The minimum atomic E-state index is -0.319. The molecule has 1 aromatic heterocycles. The van der Waals surface area contributed by atoms with Gasteiger partial charge in [0.15, 0.2) is 5.76 Å². The summed E-state index contributed by atoms with van der Waals surface area (Å²) in [5.74, 6) is -0.323. The average molecular weight is 236 g/mol. The predicted molar refractivity (Wildman–Crippen MR) is 63.5 cm³/mol. The largest absolute Gasteiger partial charge is 0.459 e. The fourth-order valence-corrected chi connectivity index (χ4v) is 1.18. The molecule has 1 heterocycles. The third-order valence-corrected chi connectivity index (χ3v) is 2.05. The molecule has 0 fully saturated rings. The molecule has 1 aromatic rings. The molecule has 17 heavy (non-hydrogen) atoms. The van der Waals surface area contributed by atoms with Crippen LogP contribution in [0, 0.1) is 0 Å². The van der Waals surface area contributed by atoms with E-state index in [1.165, 1.54) is 11.2 Å². The second-order valence-electron chi connectivity index (χ2n) is 3.87. The summed E-state index contributed by atoms with van der Waals surface area (Å²) >= 11 is 0. The van der Waals surface area contributed by atoms with Crippen LogP contribution in [-0.4, -0.2) is 36.9 Å². The van der Waals surface area contributed by atoms with E-state index in [4.69, 9.17) is 4.42 Å². The summed E-state index contributed by atoms with van der Waals surface area (Å²) < 4.78 is 4.96. The molecule has 92 valence electrons. The summed E-state index contributed by atoms with van der Waals surface area (Å²) in [6.45, 7) is 5.90. The van der Waals surface area contributed by atoms with Crippen LogP contribution in [0.3, 0.4) is 0 Å². The normalized spacial score (nSPS) is 9.76. The average Bonchev–Trinajstić information content (AvgIpc) is 2.78. The van der Waals surface area contributed by atoms with Crippen LogP contribution in [0.25, 0.3) is 0 Å². The fraction of sp³-hybridized carbons (Fsp3) is 0.333. The van der Waals surface area contributed by atoms with Gasteiger partial charge in [0.25, 0.3) is 5.91 Å². The number of hydrogen-bond donors (Lipinski definition) is 1. The molecule has 0 bridgehead atoms. The highest BCUT2D eigenvalue weighted by atomic mass is 16.3. The molecule has 1 N–H and O–H groups in total. The van der Waals surface area contributed by atoms with E-state index in [1.54, 1.807) is 19.2 Å². The monoisotopic (exact) mass is 236 g/mol. The second kappa shape index (κ2) is 5.89. The fourth-order valence-electron chi connectivity index (χ4n) is 1.18. The van der Waals surface area contributed by atoms with Crippen molar-refractivity contribution in [1.29, 1.82) is 0 Å². The molecule has 0 unspecified atom stereocenters. The van der Waals surface area contributed by atoms with Crippen LogP contribution < -0.4 is 5.32 Å². The lowest BCUT2D eigenvalue weighted by atomic mass is 10.3. The van der Waals surface area contributed by atoms with Crippen LogP contribution >= 0.6 is 0 Å². The maximum absolute atomic E-state index is 11.7. The van der Waals surface area contributed by atoms with Crippen molar-refractivity contribution in [2.75, 3.05) is 20.1 Å². The van der Waals surface area contributed by atoms with Crippen LogP contribution in [0.15, 0.2) is 35.0 Å². The van der Waals surface area contributed by atoms with Crippen LogP contribution in [0.5, 0.6) is 0 Å². The molecule has 0 aliphatic heterocycles. The Balaban J connectivity index is 2.43. The number of furan rings is 1. The number of nitrogens with zero attached hydrogens (tertiary/aromatic N) is 1. The summed E-state index contributed by atoms with van der Waals surface area (Å²) in [6.07, 6.45) is 1.42. The molecule has 0 saturated heterocycles. The Kier molecular flexibility index (Phi) is 4.51. The highest BCUT2D eigenvalue weighted by Gasteiger charge is 2.16. The molecule has 0 aliphatic carbocycles. The molecule has 0 aliphatic rings. The van der Waals surface area contributed by atoms with Crippen molar-refractivity contribution in [2.45, 2.75) is 6.92 Å². The minimum Gasteiger partial charge on any atom is -0.459 e. The van der Waals surface area contributed by atoms with Crippen molar-refractivity contribution in [3.63, 3.8) is 0 Å². The summed E-state index contributed by atoms with van der Waals surface area (Å²) in [6, 6.07) is 3.19. The maximum Gasteiger partial charge on any atom is 0.289 e. The number of likely N-dealkylation sites (N-methyl/N-ethyl adjacent to an activating group) is 1. The maximum atomic E-state index is 11.7. The highest BCUT2D eigenvalue weighted by molar-refractivity contribution is 5.94. The van der Waals surface area contributed by atoms with E-state index >= 15 is 0 Å². The van der Waals surface area contributed by atoms with E-state index in [0.29, 0.717) is 6.54 Å². The standard InChI is InChI=1S/C12H16N2O3/c1-9(2)7-13-11(15)8-14(3)12(16)10-5-4-6-17-10/h4-6H,1,7-8H2,2-3H3,(H,13,15). The van der Waals surface area contributed by atoms with Crippen LogP contribution in [0.2, 0.25) is 0 Å². The number of amides is 2. The first kappa shape index (κ1) is 13.0. The van der Waals surface area contributed by atoms with Gasteiger partial charge < -0.3 is 14.6 Å². The molecule has 0 atom stereocenters. The molecule has 0 aromatic carbocycles. The number of carbonyl (C=O) groups excluding carboxylic acids is 2. The van der Waals surface area contributed by atoms with E-state index in [-0.39, 0.29) is 24.1 Å². The van der Waals surface area contributed by atoms with E-state index in [2.05, 4.69) is 11.9 Å². The first-order valence-electron chi connectivity index (χ1n) is 5.20. The highest BCUT2D eigenvalue weighted by Crippen LogP contribution is 2.03. The first-order valence-corrected chi connectivity index (χ1v) is 5.20. The molecule has 1 rings (SSSR count). The van der Waals surface area contributed by atoms with Crippen molar-refractivity contribution in [3.05, 3.63) is 36.3 Å². The predicted octanol–water partition coefficient (Wildman–Crippen LogP) is 1.04. The van der Waals surface area contributed by atoms with Crippen molar-refractivity contribution < 1.29 is 14.0 Å². The summed E-state index contributed by atoms with van der Waals surface area (Å²) in [7, 11) is 1.55. The van der Waals surface area contributed by atoms with Crippen molar-refractivity contribution in [3.8, 4) is 0 Å². The summed E-state index contributed by atoms with van der Waals surface area (Å²) in [5.41, 5.74) is 0.860. The van der Waals surface area contributed by atoms with E-state index in [1.807, 2.05) is 6.92 Å². The first-order chi connectivity index (χ1) is 8.00. The zero-order valence-corrected chi connectivity index (χ0v) is 10.0. The van der Waals surface area contributed by atoms with Gasteiger partial charge in [0, 0.05) is 13.6 Å². The molecular formula is C12H16N2O3.